The first-order chi connectivity index (χ1) is 10.7. The SMILES string of the molecule is C[C@@H](C1CC1)N(C(=O)c1ncn([C@H]2CCCNC2)n1)C1CC1. The highest BCUT2D eigenvalue weighted by molar-refractivity contribution is 5.91. The lowest BCUT2D eigenvalue weighted by atomic mass is 10.1. The average molecular weight is 303 g/mol. The number of piperidine rings is 1. The molecule has 3 aliphatic rings. The first kappa shape index (κ1) is 14.2. The van der Waals surface area contributed by atoms with E-state index in [2.05, 4.69) is 27.2 Å². The summed E-state index contributed by atoms with van der Waals surface area (Å²) in [5.74, 6) is 1.10. The summed E-state index contributed by atoms with van der Waals surface area (Å²) in [6.07, 6.45) is 8.78. The molecular formula is C16H25N5O. The number of rotatable bonds is 5. The third-order valence-electron chi connectivity index (χ3n) is 5.26. The number of aromatic nitrogens is 3. The predicted molar refractivity (Wildman–Crippen MR) is 82.5 cm³/mol. The monoisotopic (exact) mass is 303 g/mol. The molecule has 2 saturated carbocycles. The van der Waals surface area contributed by atoms with Gasteiger partial charge in [-0.2, -0.15) is 0 Å². The number of nitrogens with zero attached hydrogens (tertiary/aromatic N) is 4. The fourth-order valence-corrected chi connectivity index (χ4v) is 3.57. The van der Waals surface area contributed by atoms with E-state index in [1.54, 1.807) is 6.33 Å². The van der Waals surface area contributed by atoms with Gasteiger partial charge in [-0.25, -0.2) is 9.67 Å². The van der Waals surface area contributed by atoms with E-state index in [0.29, 0.717) is 29.9 Å². The molecule has 0 spiro atoms. The van der Waals surface area contributed by atoms with E-state index >= 15 is 0 Å². The first-order valence-corrected chi connectivity index (χ1v) is 8.68. The number of hydrogen-bond donors (Lipinski definition) is 1. The van der Waals surface area contributed by atoms with Gasteiger partial charge in [-0.05, 0) is 57.9 Å². The van der Waals surface area contributed by atoms with Crippen LogP contribution in [0.1, 0.15) is 62.1 Å². The quantitative estimate of drug-likeness (QED) is 0.897. The maximum atomic E-state index is 12.9. The molecule has 120 valence electrons. The minimum Gasteiger partial charge on any atom is -0.330 e. The van der Waals surface area contributed by atoms with Gasteiger partial charge in [0.2, 0.25) is 5.82 Å². The van der Waals surface area contributed by atoms with Crippen molar-refractivity contribution in [1.82, 2.24) is 25.0 Å². The number of carbonyl (C=O) groups excluding carboxylic acids is 1. The van der Waals surface area contributed by atoms with Crippen LogP contribution in [0.3, 0.4) is 0 Å². The maximum Gasteiger partial charge on any atom is 0.294 e. The van der Waals surface area contributed by atoms with Crippen LogP contribution in [0.15, 0.2) is 6.33 Å². The summed E-state index contributed by atoms with van der Waals surface area (Å²) in [6, 6.07) is 1.09. The molecule has 6 nitrogen and oxygen atoms in total. The number of hydrogen-bond acceptors (Lipinski definition) is 4. The zero-order chi connectivity index (χ0) is 15.1. The van der Waals surface area contributed by atoms with Crippen molar-refractivity contribution in [3.05, 3.63) is 12.2 Å². The van der Waals surface area contributed by atoms with Crippen molar-refractivity contribution in [2.75, 3.05) is 13.1 Å². The van der Waals surface area contributed by atoms with E-state index in [1.165, 1.54) is 12.8 Å². The molecule has 0 unspecified atom stereocenters. The second-order valence-electron chi connectivity index (χ2n) is 7.07. The Hall–Kier alpha value is -1.43. The first-order valence-electron chi connectivity index (χ1n) is 8.68. The van der Waals surface area contributed by atoms with E-state index in [9.17, 15) is 4.79 Å². The van der Waals surface area contributed by atoms with Crippen LogP contribution in [-0.4, -0.2) is 50.7 Å². The van der Waals surface area contributed by atoms with Gasteiger partial charge in [-0.1, -0.05) is 0 Å². The van der Waals surface area contributed by atoms with Crippen molar-refractivity contribution in [3.63, 3.8) is 0 Å². The Morgan fingerprint density at radius 2 is 2.18 bits per heavy atom. The van der Waals surface area contributed by atoms with Gasteiger partial charge in [-0.15, -0.1) is 5.10 Å². The minimum atomic E-state index is 0.0319. The molecule has 1 aromatic rings. The molecule has 0 bridgehead atoms. The molecule has 2 atom stereocenters. The summed E-state index contributed by atoms with van der Waals surface area (Å²) in [5, 5.41) is 7.88. The van der Waals surface area contributed by atoms with E-state index < -0.39 is 0 Å². The zero-order valence-electron chi connectivity index (χ0n) is 13.2. The lowest BCUT2D eigenvalue weighted by molar-refractivity contribution is 0.0640. The summed E-state index contributed by atoms with van der Waals surface area (Å²) in [4.78, 5) is 19.3. The van der Waals surface area contributed by atoms with E-state index in [-0.39, 0.29) is 5.91 Å². The fourth-order valence-electron chi connectivity index (χ4n) is 3.57. The molecule has 0 radical (unpaired) electrons. The van der Waals surface area contributed by atoms with Gasteiger partial charge in [0.15, 0.2) is 0 Å². The van der Waals surface area contributed by atoms with Crippen molar-refractivity contribution in [1.29, 1.82) is 0 Å². The second-order valence-corrected chi connectivity index (χ2v) is 7.07. The summed E-state index contributed by atoms with van der Waals surface area (Å²) < 4.78 is 1.88. The third kappa shape index (κ3) is 2.76. The lowest BCUT2D eigenvalue weighted by Crippen LogP contribution is -2.42. The van der Waals surface area contributed by atoms with Crippen molar-refractivity contribution in [2.45, 2.75) is 63.6 Å². The highest BCUT2D eigenvalue weighted by atomic mass is 16.2. The van der Waals surface area contributed by atoms with Crippen LogP contribution in [0.2, 0.25) is 0 Å². The zero-order valence-corrected chi connectivity index (χ0v) is 13.2. The smallest absolute Gasteiger partial charge is 0.294 e. The van der Waals surface area contributed by atoms with E-state index in [4.69, 9.17) is 0 Å². The van der Waals surface area contributed by atoms with E-state index in [1.807, 2.05) is 4.68 Å². The molecule has 2 aliphatic carbocycles. The average Bonchev–Trinajstić information content (AvgIpc) is 3.47. The Kier molecular flexibility index (Phi) is 3.64. The molecule has 1 amide bonds. The lowest BCUT2D eigenvalue weighted by Gasteiger charge is -2.28. The molecule has 1 saturated heterocycles. The van der Waals surface area contributed by atoms with Crippen molar-refractivity contribution in [2.24, 2.45) is 5.92 Å². The van der Waals surface area contributed by atoms with Gasteiger partial charge in [0.1, 0.15) is 6.33 Å². The van der Waals surface area contributed by atoms with Crippen LogP contribution >= 0.6 is 0 Å². The van der Waals surface area contributed by atoms with Gasteiger partial charge in [-0.3, -0.25) is 4.79 Å². The van der Waals surface area contributed by atoms with Crippen LogP contribution in [0.4, 0.5) is 0 Å². The Bertz CT molecular complexity index is 542. The Balaban J connectivity index is 1.50. The molecule has 6 heteroatoms. The normalized spacial score (nSPS) is 26.7. The Morgan fingerprint density at radius 1 is 1.36 bits per heavy atom. The van der Waals surface area contributed by atoms with Gasteiger partial charge in [0.25, 0.3) is 5.91 Å². The fraction of sp³-hybridized carbons (Fsp3) is 0.812. The van der Waals surface area contributed by atoms with Crippen LogP contribution in [0.5, 0.6) is 0 Å². The molecule has 3 fully saturated rings. The molecule has 22 heavy (non-hydrogen) atoms. The van der Waals surface area contributed by atoms with Gasteiger partial charge in [0.05, 0.1) is 6.04 Å². The second kappa shape index (κ2) is 5.65. The third-order valence-corrected chi connectivity index (χ3v) is 5.26. The summed E-state index contributed by atoms with van der Waals surface area (Å²) in [5.41, 5.74) is 0. The Morgan fingerprint density at radius 3 is 2.82 bits per heavy atom. The van der Waals surface area contributed by atoms with Crippen molar-refractivity contribution < 1.29 is 4.79 Å². The molecule has 0 aromatic carbocycles. The highest BCUT2D eigenvalue weighted by Gasteiger charge is 2.42. The van der Waals surface area contributed by atoms with Crippen LogP contribution in [0.25, 0.3) is 0 Å². The Labute approximate surface area is 131 Å². The largest absolute Gasteiger partial charge is 0.330 e. The molecule has 1 N–H and O–H groups in total. The van der Waals surface area contributed by atoms with Gasteiger partial charge in [0, 0.05) is 18.6 Å². The number of carbonyl (C=O) groups is 1. The van der Waals surface area contributed by atoms with Crippen LogP contribution in [-0.2, 0) is 0 Å². The van der Waals surface area contributed by atoms with Crippen molar-refractivity contribution >= 4 is 5.91 Å². The van der Waals surface area contributed by atoms with Crippen LogP contribution in [0, 0.1) is 5.92 Å². The summed E-state index contributed by atoms with van der Waals surface area (Å²) >= 11 is 0. The molecule has 4 rings (SSSR count). The van der Waals surface area contributed by atoms with E-state index in [0.717, 1.165) is 38.8 Å². The topological polar surface area (TPSA) is 63.1 Å². The summed E-state index contributed by atoms with van der Waals surface area (Å²) in [7, 11) is 0. The van der Waals surface area contributed by atoms with Crippen molar-refractivity contribution in [3.8, 4) is 0 Å². The predicted octanol–water partition coefficient (Wildman–Crippen LogP) is 1.61. The van der Waals surface area contributed by atoms with Gasteiger partial charge >= 0.3 is 0 Å². The molecular weight excluding hydrogens is 278 g/mol. The molecule has 1 aliphatic heterocycles. The van der Waals surface area contributed by atoms with Gasteiger partial charge < -0.3 is 10.2 Å². The number of nitrogens with one attached hydrogen (secondary N) is 1. The highest BCUT2D eigenvalue weighted by Crippen LogP contribution is 2.40. The van der Waals surface area contributed by atoms with Crippen LogP contribution < -0.4 is 5.32 Å². The molecule has 1 aromatic heterocycles. The summed E-state index contributed by atoms with van der Waals surface area (Å²) in [6.45, 7) is 4.18. The molecule has 2 heterocycles. The maximum absolute atomic E-state index is 12.9. The number of amides is 1. The minimum absolute atomic E-state index is 0.0319. The standard InChI is InChI=1S/C16H25N5O/c1-11(12-4-5-12)21(13-6-7-13)16(22)15-18-10-20(19-15)14-3-2-8-17-9-14/h10-14,17H,2-9H2,1H3/t11-,14-/m0/s1.